The third kappa shape index (κ3) is 2.83. The number of benzene rings is 1. The molecular formula is C13H15FN2O3S. The number of aryl methyl sites for hydroxylation is 1. The van der Waals surface area contributed by atoms with Gasteiger partial charge in [0.05, 0.1) is 12.2 Å². The monoisotopic (exact) mass is 298 g/mol. The summed E-state index contributed by atoms with van der Waals surface area (Å²) < 4.78 is 44.1. The van der Waals surface area contributed by atoms with Crippen LogP contribution in [0.4, 0.5) is 10.1 Å². The highest BCUT2D eigenvalue weighted by molar-refractivity contribution is 7.89. The molecule has 0 atom stereocenters. The van der Waals surface area contributed by atoms with Gasteiger partial charge < -0.3 is 10.2 Å². The van der Waals surface area contributed by atoms with Crippen molar-refractivity contribution < 1.29 is 17.2 Å². The standard InChI is InChI=1S/C13H15FN2O3S/c1-9-3-5-11(19-9)8-16(2)20(17,18)13-6-4-10(14)7-12(13)15/h3-7H,8,15H2,1-2H3. The smallest absolute Gasteiger partial charge is 0.245 e. The fraction of sp³-hybridized carbons (Fsp3) is 0.231. The van der Waals surface area contributed by atoms with Crippen molar-refractivity contribution in [1.82, 2.24) is 4.31 Å². The van der Waals surface area contributed by atoms with Crippen LogP contribution in [0, 0.1) is 12.7 Å². The lowest BCUT2D eigenvalue weighted by atomic mass is 10.3. The summed E-state index contributed by atoms with van der Waals surface area (Å²) in [7, 11) is -2.38. The summed E-state index contributed by atoms with van der Waals surface area (Å²) in [6.45, 7) is 1.85. The molecule has 7 heteroatoms. The van der Waals surface area contributed by atoms with Crippen LogP contribution in [0.3, 0.4) is 0 Å². The van der Waals surface area contributed by atoms with Crippen LogP contribution in [0.2, 0.25) is 0 Å². The molecule has 0 spiro atoms. The first-order chi connectivity index (χ1) is 9.30. The van der Waals surface area contributed by atoms with Crippen molar-refractivity contribution in [2.24, 2.45) is 0 Å². The van der Waals surface area contributed by atoms with Gasteiger partial charge in [0.1, 0.15) is 22.2 Å². The van der Waals surface area contributed by atoms with Crippen LogP contribution in [0.25, 0.3) is 0 Å². The minimum Gasteiger partial charge on any atom is -0.465 e. The zero-order valence-electron chi connectivity index (χ0n) is 11.1. The van der Waals surface area contributed by atoms with E-state index in [-0.39, 0.29) is 17.1 Å². The first kappa shape index (κ1) is 14.5. The van der Waals surface area contributed by atoms with E-state index in [1.165, 1.54) is 7.05 Å². The second kappa shape index (κ2) is 5.26. The van der Waals surface area contributed by atoms with E-state index in [1.807, 2.05) is 0 Å². The van der Waals surface area contributed by atoms with E-state index in [0.29, 0.717) is 11.5 Å². The van der Waals surface area contributed by atoms with E-state index in [4.69, 9.17) is 10.2 Å². The molecule has 0 aliphatic rings. The predicted octanol–water partition coefficient (Wildman–Crippen LogP) is 2.13. The third-order valence-corrected chi connectivity index (χ3v) is 4.71. The van der Waals surface area contributed by atoms with Crippen LogP contribution in [0.1, 0.15) is 11.5 Å². The fourth-order valence-corrected chi connectivity index (χ4v) is 3.03. The lowest BCUT2D eigenvalue weighted by molar-refractivity contribution is 0.397. The number of furan rings is 1. The Bertz CT molecular complexity index is 725. The Labute approximate surface area is 116 Å². The van der Waals surface area contributed by atoms with E-state index in [1.54, 1.807) is 19.1 Å². The molecule has 0 bridgehead atoms. The normalized spacial score (nSPS) is 12.0. The quantitative estimate of drug-likeness (QED) is 0.877. The van der Waals surface area contributed by atoms with Gasteiger partial charge in [-0.2, -0.15) is 4.31 Å². The lowest BCUT2D eigenvalue weighted by Crippen LogP contribution is -2.27. The molecule has 2 aromatic rings. The molecule has 2 rings (SSSR count). The molecule has 0 saturated heterocycles. The molecule has 1 aromatic carbocycles. The Morgan fingerprint density at radius 1 is 1.30 bits per heavy atom. The fourth-order valence-electron chi connectivity index (χ4n) is 1.80. The van der Waals surface area contributed by atoms with E-state index in [0.717, 1.165) is 22.5 Å². The van der Waals surface area contributed by atoms with E-state index >= 15 is 0 Å². The molecule has 0 amide bonds. The van der Waals surface area contributed by atoms with Crippen LogP contribution in [-0.4, -0.2) is 19.8 Å². The van der Waals surface area contributed by atoms with E-state index in [2.05, 4.69) is 0 Å². The van der Waals surface area contributed by atoms with Crippen molar-refractivity contribution in [3.05, 3.63) is 47.7 Å². The van der Waals surface area contributed by atoms with E-state index < -0.39 is 15.8 Å². The Kier molecular flexibility index (Phi) is 3.82. The molecule has 0 radical (unpaired) electrons. The number of nitrogen functional groups attached to an aromatic ring is 1. The highest BCUT2D eigenvalue weighted by atomic mass is 32.2. The van der Waals surface area contributed by atoms with Gasteiger partial charge in [0.15, 0.2) is 0 Å². The summed E-state index contributed by atoms with van der Waals surface area (Å²) >= 11 is 0. The Morgan fingerprint density at radius 3 is 2.55 bits per heavy atom. The number of halogens is 1. The summed E-state index contributed by atoms with van der Waals surface area (Å²) in [6, 6.07) is 6.66. The molecule has 1 aromatic heterocycles. The first-order valence-corrected chi connectivity index (χ1v) is 7.31. The van der Waals surface area contributed by atoms with Crippen LogP contribution >= 0.6 is 0 Å². The molecule has 0 unspecified atom stereocenters. The zero-order valence-corrected chi connectivity index (χ0v) is 11.9. The third-order valence-electron chi connectivity index (χ3n) is 2.83. The Balaban J connectivity index is 2.29. The van der Waals surface area contributed by atoms with Crippen LogP contribution in [0.5, 0.6) is 0 Å². The summed E-state index contributed by atoms with van der Waals surface area (Å²) in [5, 5.41) is 0. The van der Waals surface area contributed by atoms with E-state index in [9.17, 15) is 12.8 Å². The molecule has 0 aliphatic carbocycles. The topological polar surface area (TPSA) is 76.5 Å². The SMILES string of the molecule is Cc1ccc(CN(C)S(=O)(=O)c2ccc(F)cc2N)o1. The molecular weight excluding hydrogens is 283 g/mol. The highest BCUT2D eigenvalue weighted by Crippen LogP contribution is 2.23. The van der Waals surface area contributed by atoms with Crippen molar-refractivity contribution in [3.8, 4) is 0 Å². The van der Waals surface area contributed by atoms with Crippen LogP contribution < -0.4 is 5.73 Å². The molecule has 2 N–H and O–H groups in total. The number of sulfonamides is 1. The number of anilines is 1. The van der Waals surface area contributed by atoms with Crippen molar-refractivity contribution in [2.45, 2.75) is 18.4 Å². The van der Waals surface area contributed by atoms with Gasteiger partial charge in [-0.3, -0.25) is 0 Å². The van der Waals surface area contributed by atoms with Gasteiger partial charge in [-0.1, -0.05) is 0 Å². The number of rotatable bonds is 4. The van der Waals surface area contributed by atoms with Crippen LogP contribution in [0.15, 0.2) is 39.6 Å². The number of hydrogen-bond donors (Lipinski definition) is 1. The molecule has 0 aliphatic heterocycles. The predicted molar refractivity (Wildman–Crippen MR) is 72.9 cm³/mol. The second-order valence-corrected chi connectivity index (χ2v) is 6.47. The van der Waals surface area contributed by atoms with Gasteiger partial charge in [0.2, 0.25) is 10.0 Å². The molecule has 108 valence electrons. The van der Waals surface area contributed by atoms with Crippen LogP contribution in [-0.2, 0) is 16.6 Å². The highest BCUT2D eigenvalue weighted by Gasteiger charge is 2.24. The Morgan fingerprint density at radius 2 is 2.00 bits per heavy atom. The van der Waals surface area contributed by atoms with Gasteiger partial charge in [-0.15, -0.1) is 0 Å². The van der Waals surface area contributed by atoms with Gasteiger partial charge in [0, 0.05) is 7.05 Å². The average molecular weight is 298 g/mol. The molecule has 5 nitrogen and oxygen atoms in total. The number of nitrogens with zero attached hydrogens (tertiary/aromatic N) is 1. The molecule has 20 heavy (non-hydrogen) atoms. The largest absolute Gasteiger partial charge is 0.465 e. The average Bonchev–Trinajstić information content (AvgIpc) is 2.74. The minimum absolute atomic E-state index is 0.0764. The maximum atomic E-state index is 13.0. The number of nitrogens with two attached hydrogens (primary N) is 1. The van der Waals surface area contributed by atoms with Crippen molar-refractivity contribution in [1.29, 1.82) is 0 Å². The lowest BCUT2D eigenvalue weighted by Gasteiger charge is -2.17. The van der Waals surface area contributed by atoms with Gasteiger partial charge in [-0.25, -0.2) is 12.8 Å². The number of hydrogen-bond acceptors (Lipinski definition) is 4. The molecule has 0 saturated carbocycles. The van der Waals surface area contributed by atoms with Crippen molar-refractivity contribution in [2.75, 3.05) is 12.8 Å². The Hall–Kier alpha value is -1.86. The summed E-state index contributed by atoms with van der Waals surface area (Å²) in [6.07, 6.45) is 0. The van der Waals surface area contributed by atoms with Crippen molar-refractivity contribution in [3.63, 3.8) is 0 Å². The summed E-state index contributed by atoms with van der Waals surface area (Å²) in [4.78, 5) is -0.121. The maximum absolute atomic E-state index is 13.0. The van der Waals surface area contributed by atoms with Gasteiger partial charge in [0.25, 0.3) is 0 Å². The summed E-state index contributed by atoms with van der Waals surface area (Å²) in [5.41, 5.74) is 5.46. The van der Waals surface area contributed by atoms with Gasteiger partial charge in [-0.05, 0) is 37.3 Å². The molecule has 0 fully saturated rings. The first-order valence-electron chi connectivity index (χ1n) is 5.87. The maximum Gasteiger partial charge on any atom is 0.245 e. The second-order valence-electron chi connectivity index (χ2n) is 4.46. The summed E-state index contributed by atoms with van der Waals surface area (Å²) in [5.74, 6) is 0.645. The zero-order chi connectivity index (χ0) is 14.9. The van der Waals surface area contributed by atoms with Gasteiger partial charge >= 0.3 is 0 Å². The van der Waals surface area contributed by atoms with Crippen molar-refractivity contribution >= 4 is 15.7 Å². The molecule has 1 heterocycles. The minimum atomic E-state index is -3.79.